The fourth-order valence-electron chi connectivity index (χ4n) is 2.19. The first-order chi connectivity index (χ1) is 9.74. The van der Waals surface area contributed by atoms with Gasteiger partial charge in [-0.2, -0.15) is 0 Å². The van der Waals surface area contributed by atoms with Crippen molar-refractivity contribution in [2.75, 3.05) is 6.54 Å². The molecule has 0 saturated heterocycles. The van der Waals surface area contributed by atoms with Crippen molar-refractivity contribution < 1.29 is 5.11 Å². The number of rotatable bonds is 8. The molecule has 1 aromatic carbocycles. The highest BCUT2D eigenvalue weighted by atomic mass is 16.3. The minimum absolute atomic E-state index is 0.331. The van der Waals surface area contributed by atoms with Gasteiger partial charge in [0.2, 0.25) is 0 Å². The van der Waals surface area contributed by atoms with Gasteiger partial charge in [-0.25, -0.2) is 4.98 Å². The summed E-state index contributed by atoms with van der Waals surface area (Å²) in [7, 11) is 0. The molecule has 0 radical (unpaired) electrons. The van der Waals surface area contributed by atoms with Gasteiger partial charge in [-0.05, 0) is 50.4 Å². The fraction of sp³-hybridized carbons (Fsp3) is 0.438. The van der Waals surface area contributed by atoms with E-state index < -0.39 is 0 Å². The van der Waals surface area contributed by atoms with Crippen LogP contribution in [0.15, 0.2) is 36.7 Å². The highest BCUT2D eigenvalue weighted by molar-refractivity contribution is 5.25. The molecule has 1 heterocycles. The molecule has 0 aliphatic carbocycles. The number of aromatic amines is 1. The van der Waals surface area contributed by atoms with Crippen LogP contribution in [0.2, 0.25) is 0 Å². The third-order valence-corrected chi connectivity index (χ3v) is 3.44. The summed E-state index contributed by atoms with van der Waals surface area (Å²) in [6.45, 7) is 3.23. The zero-order valence-corrected chi connectivity index (χ0v) is 12.0. The van der Waals surface area contributed by atoms with E-state index in [1.165, 1.54) is 5.56 Å². The molecule has 2 rings (SSSR count). The van der Waals surface area contributed by atoms with Crippen LogP contribution < -0.4 is 5.32 Å². The number of hydrogen-bond donors (Lipinski definition) is 3. The highest BCUT2D eigenvalue weighted by Gasteiger charge is 2.02. The molecule has 2 aromatic rings. The van der Waals surface area contributed by atoms with Gasteiger partial charge in [0, 0.05) is 24.9 Å². The molecule has 108 valence electrons. The molecule has 20 heavy (non-hydrogen) atoms. The Labute approximate surface area is 120 Å². The molecule has 0 spiro atoms. The molecule has 4 heteroatoms. The molecule has 0 bridgehead atoms. The van der Waals surface area contributed by atoms with Gasteiger partial charge in [0.05, 0.1) is 0 Å². The van der Waals surface area contributed by atoms with Gasteiger partial charge in [0.25, 0.3) is 0 Å². The summed E-state index contributed by atoms with van der Waals surface area (Å²) in [5.41, 5.74) is 1.27. The van der Waals surface area contributed by atoms with Crippen molar-refractivity contribution in [3.05, 3.63) is 48.0 Å². The van der Waals surface area contributed by atoms with Crippen LogP contribution in [0.5, 0.6) is 5.75 Å². The Morgan fingerprint density at radius 2 is 2.05 bits per heavy atom. The third-order valence-electron chi connectivity index (χ3n) is 3.44. The number of phenols is 1. The van der Waals surface area contributed by atoms with Gasteiger partial charge in [-0.15, -0.1) is 0 Å². The quantitative estimate of drug-likeness (QED) is 0.648. The Morgan fingerprint density at radius 3 is 2.75 bits per heavy atom. The molecule has 3 N–H and O–H groups in total. The summed E-state index contributed by atoms with van der Waals surface area (Å²) in [4.78, 5) is 7.33. The molecule has 0 fully saturated rings. The molecular weight excluding hydrogens is 250 g/mol. The van der Waals surface area contributed by atoms with Crippen molar-refractivity contribution in [3.63, 3.8) is 0 Å². The van der Waals surface area contributed by atoms with Crippen molar-refractivity contribution in [2.24, 2.45) is 0 Å². The zero-order chi connectivity index (χ0) is 14.2. The third kappa shape index (κ3) is 5.05. The van der Waals surface area contributed by atoms with Crippen molar-refractivity contribution in [3.8, 4) is 5.75 Å². The number of aryl methyl sites for hydroxylation is 2. The number of hydrogen-bond acceptors (Lipinski definition) is 3. The zero-order valence-electron chi connectivity index (χ0n) is 12.0. The van der Waals surface area contributed by atoms with E-state index in [1.54, 1.807) is 18.3 Å². The van der Waals surface area contributed by atoms with Gasteiger partial charge in [-0.1, -0.05) is 12.1 Å². The Hall–Kier alpha value is -1.81. The Bertz CT molecular complexity index is 479. The van der Waals surface area contributed by atoms with E-state index in [1.807, 2.05) is 18.3 Å². The maximum Gasteiger partial charge on any atom is 0.115 e. The second-order valence-electron chi connectivity index (χ2n) is 5.20. The number of nitrogens with zero attached hydrogens (tertiary/aromatic N) is 1. The van der Waals surface area contributed by atoms with E-state index in [0.717, 1.165) is 38.1 Å². The Morgan fingerprint density at radius 1 is 1.25 bits per heavy atom. The number of H-pyrrole nitrogens is 1. The lowest BCUT2D eigenvalue weighted by Crippen LogP contribution is -2.27. The predicted molar refractivity (Wildman–Crippen MR) is 80.8 cm³/mol. The van der Waals surface area contributed by atoms with Crippen LogP contribution in [-0.4, -0.2) is 27.7 Å². The lowest BCUT2D eigenvalue weighted by Gasteiger charge is -2.13. The molecule has 0 aliphatic heterocycles. The highest BCUT2D eigenvalue weighted by Crippen LogP contribution is 2.11. The lowest BCUT2D eigenvalue weighted by atomic mass is 10.1. The fourth-order valence-corrected chi connectivity index (χ4v) is 2.19. The molecule has 0 saturated carbocycles. The second-order valence-corrected chi connectivity index (χ2v) is 5.20. The molecule has 0 amide bonds. The van der Waals surface area contributed by atoms with Crippen molar-refractivity contribution >= 4 is 0 Å². The average molecular weight is 273 g/mol. The van der Waals surface area contributed by atoms with Crippen molar-refractivity contribution in [2.45, 2.75) is 38.6 Å². The minimum Gasteiger partial charge on any atom is -0.508 e. The number of benzene rings is 1. The summed E-state index contributed by atoms with van der Waals surface area (Å²) in [6.07, 6.45) is 7.88. The topological polar surface area (TPSA) is 60.9 Å². The van der Waals surface area contributed by atoms with Gasteiger partial charge in [-0.3, -0.25) is 0 Å². The smallest absolute Gasteiger partial charge is 0.115 e. The first-order valence-electron chi connectivity index (χ1n) is 7.23. The molecule has 0 aliphatic rings. The summed E-state index contributed by atoms with van der Waals surface area (Å²) in [5.74, 6) is 1.39. The summed E-state index contributed by atoms with van der Waals surface area (Å²) in [6, 6.07) is 7.96. The van der Waals surface area contributed by atoms with E-state index in [4.69, 9.17) is 0 Å². The number of nitrogens with one attached hydrogen (secondary N) is 2. The monoisotopic (exact) mass is 273 g/mol. The molecular formula is C16H23N3O. The maximum atomic E-state index is 9.24. The predicted octanol–water partition coefficient (Wildman–Crippen LogP) is 2.66. The standard InChI is InChI=1S/C16H23N3O/c1-13(4-5-14-6-8-15(20)9-7-14)17-10-2-3-16-18-11-12-19-16/h6-9,11-13,17,20H,2-5,10H2,1H3,(H,18,19). The van der Waals surface area contributed by atoms with Crippen molar-refractivity contribution in [1.29, 1.82) is 0 Å². The maximum absolute atomic E-state index is 9.24. The summed E-state index contributed by atoms with van der Waals surface area (Å²) < 4.78 is 0. The van der Waals surface area contributed by atoms with Crippen LogP contribution >= 0.6 is 0 Å². The van der Waals surface area contributed by atoms with Crippen LogP contribution in [0.1, 0.15) is 31.2 Å². The van der Waals surface area contributed by atoms with E-state index in [-0.39, 0.29) is 0 Å². The van der Waals surface area contributed by atoms with E-state index in [0.29, 0.717) is 11.8 Å². The first kappa shape index (κ1) is 14.6. The lowest BCUT2D eigenvalue weighted by molar-refractivity contribution is 0.474. The van der Waals surface area contributed by atoms with Crippen molar-refractivity contribution in [1.82, 2.24) is 15.3 Å². The first-order valence-corrected chi connectivity index (χ1v) is 7.23. The van der Waals surface area contributed by atoms with Crippen LogP contribution in [0.25, 0.3) is 0 Å². The Balaban J connectivity index is 1.58. The van der Waals surface area contributed by atoms with E-state index >= 15 is 0 Å². The SMILES string of the molecule is CC(CCc1ccc(O)cc1)NCCCc1ncc[nH]1. The van der Waals surface area contributed by atoms with Gasteiger partial charge in [0.15, 0.2) is 0 Å². The van der Waals surface area contributed by atoms with Crippen LogP contribution in [-0.2, 0) is 12.8 Å². The van der Waals surface area contributed by atoms with Crippen LogP contribution in [0.4, 0.5) is 0 Å². The van der Waals surface area contributed by atoms with E-state index in [2.05, 4.69) is 22.2 Å². The van der Waals surface area contributed by atoms with Crippen LogP contribution in [0.3, 0.4) is 0 Å². The normalized spacial score (nSPS) is 12.4. The summed E-state index contributed by atoms with van der Waals surface area (Å²) in [5, 5.41) is 12.8. The number of imidazole rings is 1. The molecule has 4 nitrogen and oxygen atoms in total. The number of aromatic nitrogens is 2. The molecule has 1 atom stereocenters. The minimum atomic E-state index is 0.331. The van der Waals surface area contributed by atoms with Crippen LogP contribution in [0, 0.1) is 0 Å². The second kappa shape index (κ2) is 7.70. The molecule has 1 unspecified atom stereocenters. The Kier molecular flexibility index (Phi) is 5.62. The molecule has 1 aromatic heterocycles. The number of phenolic OH excluding ortho intramolecular Hbond substituents is 1. The van der Waals surface area contributed by atoms with E-state index in [9.17, 15) is 5.11 Å². The van der Waals surface area contributed by atoms with Gasteiger partial charge in [0.1, 0.15) is 11.6 Å². The largest absolute Gasteiger partial charge is 0.508 e. The van der Waals surface area contributed by atoms with Gasteiger partial charge < -0.3 is 15.4 Å². The van der Waals surface area contributed by atoms with Gasteiger partial charge >= 0.3 is 0 Å². The average Bonchev–Trinajstić information content (AvgIpc) is 2.96. The number of aromatic hydroxyl groups is 1. The summed E-state index contributed by atoms with van der Waals surface area (Å²) >= 11 is 0.